The first kappa shape index (κ1) is 12.3. The second kappa shape index (κ2) is 4.12. The summed E-state index contributed by atoms with van der Waals surface area (Å²) in [5.74, 6) is 0. The summed E-state index contributed by atoms with van der Waals surface area (Å²) in [6.45, 7) is 0. The van der Waals surface area contributed by atoms with Crippen molar-refractivity contribution in [2.75, 3.05) is 0 Å². The molecule has 4 nitrogen and oxygen atoms in total. The van der Waals surface area contributed by atoms with Gasteiger partial charge in [-0.25, -0.2) is 0 Å². The standard InChI is InChI=1S/C13H8O4S2/c14-13-9-3-1-2-4-11(9)18-12-6-5-8(7-10(12)13)19(15,16)17/h1-7H,(H,15,16,17). The van der Waals surface area contributed by atoms with E-state index in [-0.39, 0.29) is 10.3 Å². The van der Waals surface area contributed by atoms with Crippen LogP contribution in [-0.4, -0.2) is 13.0 Å². The molecule has 0 amide bonds. The second-order valence-electron chi connectivity index (χ2n) is 4.06. The minimum Gasteiger partial charge on any atom is -0.289 e. The number of hydrogen-bond acceptors (Lipinski definition) is 4. The molecule has 0 bridgehead atoms. The summed E-state index contributed by atoms with van der Waals surface area (Å²) in [4.78, 5) is 12.0. The van der Waals surface area contributed by atoms with Gasteiger partial charge < -0.3 is 0 Å². The normalized spacial score (nSPS) is 12.1. The van der Waals surface area contributed by atoms with Crippen molar-refractivity contribution in [2.24, 2.45) is 0 Å². The van der Waals surface area contributed by atoms with Crippen LogP contribution in [0, 0.1) is 0 Å². The zero-order valence-corrected chi connectivity index (χ0v) is 11.2. The number of benzene rings is 2. The lowest BCUT2D eigenvalue weighted by atomic mass is 10.2. The second-order valence-corrected chi connectivity index (χ2v) is 6.57. The number of fused-ring (bicyclic) bond motifs is 2. The summed E-state index contributed by atoms with van der Waals surface area (Å²) in [5, 5.41) is 0.853. The van der Waals surface area contributed by atoms with Gasteiger partial charge in [0.15, 0.2) is 5.43 Å². The molecule has 2 aromatic carbocycles. The van der Waals surface area contributed by atoms with Crippen LogP contribution in [0.2, 0.25) is 0 Å². The third-order valence-corrected chi connectivity index (χ3v) is 4.85. The summed E-state index contributed by atoms with van der Waals surface area (Å²) < 4.78 is 32.8. The van der Waals surface area contributed by atoms with Crippen LogP contribution >= 0.6 is 11.3 Å². The Morgan fingerprint density at radius 3 is 2.37 bits per heavy atom. The highest BCUT2D eigenvalue weighted by atomic mass is 32.2. The zero-order chi connectivity index (χ0) is 13.6. The van der Waals surface area contributed by atoms with Crippen molar-refractivity contribution < 1.29 is 13.0 Å². The summed E-state index contributed by atoms with van der Waals surface area (Å²) in [6.07, 6.45) is 0. The SMILES string of the molecule is O=c1c2ccccc2sc2ccc(S(=O)(=O)O)cc12. The monoisotopic (exact) mass is 292 g/mol. The summed E-state index contributed by atoms with van der Waals surface area (Å²) in [5.41, 5.74) is -0.227. The highest BCUT2D eigenvalue weighted by Gasteiger charge is 2.12. The van der Waals surface area contributed by atoms with Gasteiger partial charge in [-0.1, -0.05) is 12.1 Å². The Morgan fingerprint density at radius 1 is 0.947 bits per heavy atom. The topological polar surface area (TPSA) is 71.4 Å². The predicted molar refractivity (Wildman–Crippen MR) is 75.4 cm³/mol. The van der Waals surface area contributed by atoms with Crippen LogP contribution in [0.3, 0.4) is 0 Å². The molecule has 1 heterocycles. The zero-order valence-electron chi connectivity index (χ0n) is 9.53. The summed E-state index contributed by atoms with van der Waals surface area (Å²) in [7, 11) is -4.30. The molecule has 0 radical (unpaired) electrons. The molecule has 1 aromatic heterocycles. The van der Waals surface area contributed by atoms with Crippen LogP contribution in [-0.2, 0) is 10.1 Å². The smallest absolute Gasteiger partial charge is 0.289 e. The van der Waals surface area contributed by atoms with Crippen LogP contribution in [0.4, 0.5) is 0 Å². The van der Waals surface area contributed by atoms with Gasteiger partial charge in [-0.05, 0) is 30.3 Å². The fraction of sp³-hybridized carbons (Fsp3) is 0. The molecule has 0 saturated carbocycles. The average Bonchev–Trinajstić information content (AvgIpc) is 2.37. The number of hydrogen-bond donors (Lipinski definition) is 1. The Balaban J connectivity index is 2.50. The molecular formula is C13H8O4S2. The summed E-state index contributed by atoms with van der Waals surface area (Å²) in [6, 6.07) is 11.2. The fourth-order valence-corrected chi connectivity index (χ4v) is 3.50. The average molecular weight is 292 g/mol. The molecule has 0 aliphatic carbocycles. The van der Waals surface area contributed by atoms with E-state index in [0.29, 0.717) is 15.5 Å². The number of rotatable bonds is 1. The van der Waals surface area contributed by atoms with E-state index in [4.69, 9.17) is 4.55 Å². The van der Waals surface area contributed by atoms with Gasteiger partial charge in [-0.3, -0.25) is 9.35 Å². The highest BCUT2D eigenvalue weighted by molar-refractivity contribution is 7.85. The van der Waals surface area contributed by atoms with Crippen molar-refractivity contribution in [1.82, 2.24) is 0 Å². The first-order chi connectivity index (χ1) is 8.97. The van der Waals surface area contributed by atoms with E-state index in [2.05, 4.69) is 0 Å². The molecule has 0 atom stereocenters. The largest absolute Gasteiger partial charge is 0.294 e. The molecule has 0 fully saturated rings. The molecule has 0 saturated heterocycles. The highest BCUT2D eigenvalue weighted by Crippen LogP contribution is 2.26. The van der Waals surface area contributed by atoms with Crippen molar-refractivity contribution in [3.05, 3.63) is 52.7 Å². The lowest BCUT2D eigenvalue weighted by Gasteiger charge is -2.02. The fourth-order valence-electron chi connectivity index (χ4n) is 1.94. The van der Waals surface area contributed by atoms with E-state index in [1.54, 1.807) is 12.1 Å². The van der Waals surface area contributed by atoms with E-state index in [1.807, 2.05) is 12.1 Å². The van der Waals surface area contributed by atoms with E-state index < -0.39 is 10.1 Å². The van der Waals surface area contributed by atoms with Crippen molar-refractivity contribution in [3.63, 3.8) is 0 Å². The van der Waals surface area contributed by atoms with Gasteiger partial charge in [0.05, 0.1) is 4.90 Å². The Labute approximate surface area is 112 Å². The molecule has 3 aromatic rings. The van der Waals surface area contributed by atoms with Gasteiger partial charge in [-0.2, -0.15) is 8.42 Å². The molecule has 0 aliphatic rings. The Bertz CT molecular complexity index is 955. The lowest BCUT2D eigenvalue weighted by molar-refractivity contribution is 0.483. The third kappa shape index (κ3) is 2.03. The van der Waals surface area contributed by atoms with Crippen LogP contribution in [0.15, 0.2) is 52.2 Å². The van der Waals surface area contributed by atoms with E-state index in [0.717, 1.165) is 4.70 Å². The minimum absolute atomic E-state index is 0.227. The molecule has 3 rings (SSSR count). The first-order valence-corrected chi connectivity index (χ1v) is 7.65. The van der Waals surface area contributed by atoms with Gasteiger partial charge in [0.25, 0.3) is 10.1 Å². The minimum atomic E-state index is -4.30. The van der Waals surface area contributed by atoms with Crippen molar-refractivity contribution >= 4 is 41.6 Å². The quantitative estimate of drug-likeness (QED) is 0.553. The Morgan fingerprint density at radius 2 is 1.63 bits per heavy atom. The van der Waals surface area contributed by atoms with Crippen molar-refractivity contribution in [3.8, 4) is 0 Å². The van der Waals surface area contributed by atoms with Crippen LogP contribution in [0.25, 0.3) is 20.2 Å². The van der Waals surface area contributed by atoms with Crippen LogP contribution < -0.4 is 5.43 Å². The van der Waals surface area contributed by atoms with Gasteiger partial charge in [0, 0.05) is 20.2 Å². The van der Waals surface area contributed by atoms with E-state index >= 15 is 0 Å². The van der Waals surface area contributed by atoms with Crippen molar-refractivity contribution in [1.29, 1.82) is 0 Å². The molecule has 0 unspecified atom stereocenters. The van der Waals surface area contributed by atoms with Crippen LogP contribution in [0.1, 0.15) is 0 Å². The molecular weight excluding hydrogens is 284 g/mol. The maximum atomic E-state index is 12.3. The molecule has 96 valence electrons. The molecule has 0 spiro atoms. The van der Waals surface area contributed by atoms with Gasteiger partial charge in [0.2, 0.25) is 0 Å². The summed E-state index contributed by atoms with van der Waals surface area (Å²) >= 11 is 1.41. The van der Waals surface area contributed by atoms with Crippen molar-refractivity contribution in [2.45, 2.75) is 4.90 Å². The van der Waals surface area contributed by atoms with Gasteiger partial charge in [0.1, 0.15) is 0 Å². The molecule has 1 N–H and O–H groups in total. The molecule has 19 heavy (non-hydrogen) atoms. The third-order valence-electron chi connectivity index (χ3n) is 2.85. The van der Waals surface area contributed by atoms with Gasteiger partial charge in [-0.15, -0.1) is 11.3 Å². The maximum Gasteiger partial charge on any atom is 0.294 e. The first-order valence-electron chi connectivity index (χ1n) is 5.40. The molecule has 6 heteroatoms. The predicted octanol–water partition coefficient (Wildman–Crippen LogP) is 2.66. The van der Waals surface area contributed by atoms with Crippen LogP contribution in [0.5, 0.6) is 0 Å². The molecule has 0 aliphatic heterocycles. The Kier molecular flexibility index (Phi) is 2.67. The van der Waals surface area contributed by atoms with E-state index in [1.165, 1.54) is 29.5 Å². The Hall–Kier alpha value is -1.76. The van der Waals surface area contributed by atoms with Gasteiger partial charge >= 0.3 is 0 Å². The maximum absolute atomic E-state index is 12.3. The lowest BCUT2D eigenvalue weighted by Crippen LogP contribution is -2.03. The van der Waals surface area contributed by atoms with E-state index in [9.17, 15) is 13.2 Å².